The Labute approximate surface area is 202 Å². The Morgan fingerprint density at radius 2 is 1.97 bits per heavy atom. The van der Waals surface area contributed by atoms with Gasteiger partial charge in [0.05, 0.1) is 26.5 Å². The number of likely N-dealkylation sites (tertiary alicyclic amines) is 1. The lowest BCUT2D eigenvalue weighted by Gasteiger charge is -2.27. The molecule has 5 rings (SSSR count). The number of halogens is 1. The zero-order chi connectivity index (χ0) is 23.3. The topological polar surface area (TPSA) is 62.3 Å². The fourth-order valence-corrected chi connectivity index (χ4v) is 5.99. The number of aromatic nitrogens is 1. The second-order valence-corrected chi connectivity index (χ2v) is 10.7. The van der Waals surface area contributed by atoms with E-state index in [2.05, 4.69) is 16.4 Å². The van der Waals surface area contributed by atoms with Gasteiger partial charge in [0.1, 0.15) is 5.69 Å². The number of hydrogen-bond acceptors (Lipinski definition) is 4. The van der Waals surface area contributed by atoms with E-state index in [-0.39, 0.29) is 17.9 Å². The van der Waals surface area contributed by atoms with Crippen LogP contribution in [0.1, 0.15) is 43.4 Å². The second-order valence-electron chi connectivity index (χ2n) is 9.11. The van der Waals surface area contributed by atoms with Gasteiger partial charge in [0.25, 0.3) is 11.8 Å². The summed E-state index contributed by atoms with van der Waals surface area (Å²) in [4.78, 5) is 33.9. The summed E-state index contributed by atoms with van der Waals surface area (Å²) in [6, 6.07) is 13.6. The molecule has 3 aromatic rings. The highest BCUT2D eigenvalue weighted by Gasteiger charge is 2.54. The van der Waals surface area contributed by atoms with E-state index in [1.54, 1.807) is 17.4 Å². The minimum absolute atomic E-state index is 0.0256. The summed E-state index contributed by atoms with van der Waals surface area (Å²) in [7, 11) is 0. The molecule has 2 aliphatic rings. The summed E-state index contributed by atoms with van der Waals surface area (Å²) in [6.07, 6.45) is 1.11. The van der Waals surface area contributed by atoms with Crippen molar-refractivity contribution >= 4 is 34.8 Å². The Bertz CT molecular complexity index is 1250. The average molecular weight is 480 g/mol. The van der Waals surface area contributed by atoms with Gasteiger partial charge in [0.15, 0.2) is 0 Å². The third kappa shape index (κ3) is 4.18. The molecule has 1 aliphatic carbocycles. The molecule has 2 heterocycles. The third-order valence-electron chi connectivity index (χ3n) is 6.69. The van der Waals surface area contributed by atoms with E-state index in [4.69, 9.17) is 11.6 Å². The number of fused-ring (bicyclic) bond motifs is 1. The molecular formula is C26H26ClN3O2S. The Morgan fingerprint density at radius 1 is 1.18 bits per heavy atom. The third-order valence-corrected chi connectivity index (χ3v) is 8.21. The number of carbonyl (C=O) groups excluding carboxylic acids is 2. The summed E-state index contributed by atoms with van der Waals surface area (Å²) in [5.74, 6) is 0.700. The zero-order valence-corrected chi connectivity index (χ0v) is 20.5. The van der Waals surface area contributed by atoms with Crippen LogP contribution in [0.15, 0.2) is 42.5 Å². The van der Waals surface area contributed by atoms with Crippen molar-refractivity contribution in [2.45, 2.75) is 33.2 Å². The SMILES string of the molecule is Cc1cccc(-c2sc(C)nc2C(=O)N2C[C@@H]3C[C@@H]3[C@H]2CNC(=O)c2cccc(C)c2Cl)c1. The molecule has 7 heteroatoms. The van der Waals surface area contributed by atoms with Crippen LogP contribution in [0.5, 0.6) is 0 Å². The molecule has 3 atom stereocenters. The molecule has 1 aromatic heterocycles. The molecule has 5 nitrogen and oxygen atoms in total. The van der Waals surface area contributed by atoms with Crippen molar-refractivity contribution < 1.29 is 9.59 Å². The molecule has 2 aromatic carbocycles. The van der Waals surface area contributed by atoms with E-state index >= 15 is 0 Å². The van der Waals surface area contributed by atoms with Crippen molar-refractivity contribution in [1.82, 2.24) is 15.2 Å². The first kappa shape index (κ1) is 22.1. The number of rotatable bonds is 5. The van der Waals surface area contributed by atoms with Gasteiger partial charge in [-0.05, 0) is 56.2 Å². The number of aryl methyl sites for hydroxylation is 3. The first-order chi connectivity index (χ1) is 15.8. The van der Waals surface area contributed by atoms with Crippen LogP contribution in [-0.2, 0) is 0 Å². The molecule has 1 saturated heterocycles. The van der Waals surface area contributed by atoms with E-state index in [1.807, 2.05) is 56.0 Å². The van der Waals surface area contributed by atoms with E-state index in [0.29, 0.717) is 34.7 Å². The molecule has 2 amide bonds. The number of nitrogens with zero attached hydrogens (tertiary/aromatic N) is 2. The van der Waals surface area contributed by atoms with Crippen LogP contribution in [-0.4, -0.2) is 40.8 Å². The van der Waals surface area contributed by atoms with Crippen molar-refractivity contribution in [3.05, 3.63) is 74.9 Å². The Kier molecular flexibility index (Phi) is 5.75. The lowest BCUT2D eigenvalue weighted by molar-refractivity contribution is 0.0690. The van der Waals surface area contributed by atoms with Crippen LogP contribution >= 0.6 is 22.9 Å². The Balaban J connectivity index is 1.36. The number of thiazole rings is 1. The van der Waals surface area contributed by atoms with Crippen LogP contribution in [0.2, 0.25) is 5.02 Å². The summed E-state index contributed by atoms with van der Waals surface area (Å²) in [6.45, 7) is 7.00. The van der Waals surface area contributed by atoms with Gasteiger partial charge in [-0.25, -0.2) is 4.98 Å². The molecule has 0 spiro atoms. The Morgan fingerprint density at radius 3 is 2.76 bits per heavy atom. The number of hydrogen-bond donors (Lipinski definition) is 1. The quantitative estimate of drug-likeness (QED) is 0.541. The van der Waals surface area contributed by atoms with E-state index in [1.165, 1.54) is 0 Å². The Hall–Kier alpha value is -2.70. The lowest BCUT2D eigenvalue weighted by atomic mass is 10.1. The van der Waals surface area contributed by atoms with Crippen molar-refractivity contribution in [2.24, 2.45) is 11.8 Å². The van der Waals surface area contributed by atoms with Gasteiger partial charge in [-0.15, -0.1) is 11.3 Å². The molecule has 1 aliphatic heterocycles. The highest BCUT2D eigenvalue weighted by molar-refractivity contribution is 7.15. The van der Waals surface area contributed by atoms with Crippen LogP contribution in [0, 0.1) is 32.6 Å². The summed E-state index contributed by atoms with van der Waals surface area (Å²) in [5, 5.41) is 4.37. The molecule has 0 unspecified atom stereocenters. The van der Waals surface area contributed by atoms with Crippen molar-refractivity contribution in [2.75, 3.05) is 13.1 Å². The fraction of sp³-hybridized carbons (Fsp3) is 0.346. The number of piperidine rings is 1. The molecule has 33 heavy (non-hydrogen) atoms. The molecular weight excluding hydrogens is 454 g/mol. The van der Waals surface area contributed by atoms with Gasteiger partial charge in [0.2, 0.25) is 0 Å². The van der Waals surface area contributed by atoms with E-state index < -0.39 is 0 Å². The predicted molar refractivity (Wildman–Crippen MR) is 132 cm³/mol. The maximum atomic E-state index is 13.7. The van der Waals surface area contributed by atoms with Crippen LogP contribution in [0.25, 0.3) is 10.4 Å². The van der Waals surface area contributed by atoms with Gasteiger partial charge in [-0.3, -0.25) is 9.59 Å². The van der Waals surface area contributed by atoms with Gasteiger partial charge in [-0.2, -0.15) is 0 Å². The van der Waals surface area contributed by atoms with Gasteiger partial charge in [-0.1, -0.05) is 53.6 Å². The van der Waals surface area contributed by atoms with Gasteiger partial charge in [0, 0.05) is 13.1 Å². The molecule has 1 N–H and O–H groups in total. The van der Waals surface area contributed by atoms with Crippen molar-refractivity contribution in [1.29, 1.82) is 0 Å². The summed E-state index contributed by atoms with van der Waals surface area (Å²) >= 11 is 7.89. The molecule has 0 radical (unpaired) electrons. The highest BCUT2D eigenvalue weighted by atomic mass is 35.5. The number of amides is 2. The van der Waals surface area contributed by atoms with Crippen LogP contribution in [0.3, 0.4) is 0 Å². The summed E-state index contributed by atoms with van der Waals surface area (Å²) < 4.78 is 0. The first-order valence-electron chi connectivity index (χ1n) is 11.2. The minimum atomic E-state index is -0.204. The monoisotopic (exact) mass is 479 g/mol. The largest absolute Gasteiger partial charge is 0.350 e. The van der Waals surface area contributed by atoms with E-state index in [0.717, 1.165) is 39.5 Å². The number of benzene rings is 2. The lowest BCUT2D eigenvalue weighted by Crippen LogP contribution is -2.45. The minimum Gasteiger partial charge on any atom is -0.350 e. The number of carbonyl (C=O) groups is 2. The first-order valence-corrected chi connectivity index (χ1v) is 12.4. The summed E-state index contributed by atoms with van der Waals surface area (Å²) in [5.41, 5.74) is 4.02. The maximum Gasteiger partial charge on any atom is 0.274 e. The molecule has 2 fully saturated rings. The van der Waals surface area contributed by atoms with Crippen molar-refractivity contribution in [3.63, 3.8) is 0 Å². The zero-order valence-electron chi connectivity index (χ0n) is 18.9. The van der Waals surface area contributed by atoms with Crippen LogP contribution in [0.4, 0.5) is 0 Å². The smallest absolute Gasteiger partial charge is 0.274 e. The van der Waals surface area contributed by atoms with Gasteiger partial charge < -0.3 is 10.2 Å². The standard InChI is InChI=1S/C26H26ClN3O2S/c1-14-6-4-8-17(10-14)24-23(29-16(3)33-24)26(32)30-13-18-11-20(18)21(30)12-28-25(31)19-9-5-7-15(2)22(19)27/h4-10,18,20-21H,11-13H2,1-3H3,(H,28,31)/t18-,20-,21+/m0/s1. The number of nitrogens with one attached hydrogen (secondary N) is 1. The van der Waals surface area contributed by atoms with Crippen molar-refractivity contribution in [3.8, 4) is 10.4 Å². The molecule has 0 bridgehead atoms. The molecule has 1 saturated carbocycles. The molecule has 170 valence electrons. The fourth-order valence-electron chi connectivity index (χ4n) is 4.87. The van der Waals surface area contributed by atoms with Gasteiger partial charge >= 0.3 is 0 Å². The highest BCUT2D eigenvalue weighted by Crippen LogP contribution is 2.50. The van der Waals surface area contributed by atoms with E-state index in [9.17, 15) is 9.59 Å². The van der Waals surface area contributed by atoms with Crippen LogP contribution < -0.4 is 5.32 Å². The second kappa shape index (κ2) is 8.58. The predicted octanol–water partition coefficient (Wildman–Crippen LogP) is 5.28. The normalized spacial score (nSPS) is 21.1. The average Bonchev–Trinajstić information content (AvgIpc) is 3.30. The maximum absolute atomic E-state index is 13.7.